The summed E-state index contributed by atoms with van der Waals surface area (Å²) in [6.07, 6.45) is -1.97. The minimum absolute atomic E-state index is 0.0167. The number of amides is 3. The van der Waals surface area contributed by atoms with Crippen molar-refractivity contribution in [3.63, 3.8) is 0 Å². The standard InChI is InChI=1S/C26H22F2N6O5/c1-26(27,28)39-20-5-3-2-4-16(20)13-30-25(37)19-11-18(32-22-8-9-31-34(19)22)24(36)29-12-15-6-7-21-17(10-15)33-23(35)14-38-21/h2-11H,12-14H2,1H3,(H,29,36)(H,30,37)(H,33,35). The number of nitrogens with one attached hydrogen (secondary N) is 3. The van der Waals surface area contributed by atoms with Crippen LogP contribution in [0.5, 0.6) is 11.5 Å². The number of fused-ring (bicyclic) bond motifs is 2. The van der Waals surface area contributed by atoms with Crippen LogP contribution in [-0.2, 0) is 17.9 Å². The number of halogens is 2. The fraction of sp³-hybridized carbons (Fsp3) is 0.192. The largest absolute Gasteiger partial charge is 0.482 e. The molecule has 0 fully saturated rings. The molecule has 39 heavy (non-hydrogen) atoms. The van der Waals surface area contributed by atoms with Crippen LogP contribution in [0.15, 0.2) is 60.8 Å². The van der Waals surface area contributed by atoms with Gasteiger partial charge < -0.3 is 25.4 Å². The predicted octanol–water partition coefficient (Wildman–Crippen LogP) is 2.91. The van der Waals surface area contributed by atoms with E-state index in [1.54, 1.807) is 36.4 Å². The first kappa shape index (κ1) is 25.6. The van der Waals surface area contributed by atoms with Crippen molar-refractivity contribution in [1.29, 1.82) is 0 Å². The van der Waals surface area contributed by atoms with Crippen molar-refractivity contribution in [1.82, 2.24) is 25.2 Å². The lowest BCUT2D eigenvalue weighted by atomic mass is 10.1. The zero-order valence-electron chi connectivity index (χ0n) is 20.5. The molecule has 1 aliphatic rings. The van der Waals surface area contributed by atoms with Crippen LogP contribution in [0.25, 0.3) is 5.65 Å². The normalized spacial score (nSPS) is 12.7. The fourth-order valence-electron chi connectivity index (χ4n) is 3.91. The van der Waals surface area contributed by atoms with Crippen molar-refractivity contribution < 1.29 is 32.6 Å². The lowest BCUT2D eigenvalue weighted by molar-refractivity contribution is -0.159. The number of anilines is 1. The predicted molar refractivity (Wildman–Crippen MR) is 134 cm³/mol. The van der Waals surface area contributed by atoms with Crippen molar-refractivity contribution in [2.45, 2.75) is 26.1 Å². The van der Waals surface area contributed by atoms with Crippen LogP contribution in [0.1, 0.15) is 39.0 Å². The van der Waals surface area contributed by atoms with E-state index in [4.69, 9.17) is 4.74 Å². The van der Waals surface area contributed by atoms with Crippen LogP contribution in [0.2, 0.25) is 0 Å². The molecule has 11 nitrogen and oxygen atoms in total. The van der Waals surface area contributed by atoms with Crippen LogP contribution >= 0.6 is 0 Å². The molecule has 0 bridgehead atoms. The molecule has 0 spiro atoms. The molecule has 0 aliphatic carbocycles. The van der Waals surface area contributed by atoms with Crippen molar-refractivity contribution in [3.05, 3.63) is 83.3 Å². The molecule has 0 saturated heterocycles. The maximum absolute atomic E-state index is 13.4. The Morgan fingerprint density at radius 3 is 2.72 bits per heavy atom. The third-order valence-electron chi connectivity index (χ3n) is 5.66. The number of carbonyl (C=O) groups is 3. The fourth-order valence-corrected chi connectivity index (χ4v) is 3.91. The van der Waals surface area contributed by atoms with Gasteiger partial charge in [-0.05, 0) is 23.8 Å². The van der Waals surface area contributed by atoms with Crippen LogP contribution in [0, 0.1) is 0 Å². The Balaban J connectivity index is 1.31. The maximum Gasteiger partial charge on any atom is 0.394 e. The van der Waals surface area contributed by atoms with Gasteiger partial charge in [-0.15, -0.1) is 0 Å². The SMILES string of the molecule is CC(F)(F)Oc1ccccc1CNC(=O)c1cc(C(=O)NCc2ccc3c(c2)NC(=O)CO3)nc2ccnn12. The van der Waals surface area contributed by atoms with E-state index in [-0.39, 0.29) is 48.4 Å². The quantitative estimate of drug-likeness (QED) is 0.315. The van der Waals surface area contributed by atoms with Gasteiger partial charge >= 0.3 is 6.11 Å². The number of alkyl halides is 2. The van der Waals surface area contributed by atoms with E-state index in [0.29, 0.717) is 29.5 Å². The first-order valence-corrected chi connectivity index (χ1v) is 11.8. The van der Waals surface area contributed by atoms with E-state index in [1.807, 2.05) is 0 Å². The first-order chi connectivity index (χ1) is 18.7. The number of aromatic nitrogens is 3. The van der Waals surface area contributed by atoms with Gasteiger partial charge in [0.1, 0.15) is 22.9 Å². The van der Waals surface area contributed by atoms with Crippen molar-refractivity contribution >= 4 is 29.1 Å². The van der Waals surface area contributed by atoms with Crippen molar-refractivity contribution in [2.24, 2.45) is 0 Å². The Kier molecular flexibility index (Phi) is 6.79. The molecule has 0 unspecified atom stereocenters. The zero-order chi connectivity index (χ0) is 27.6. The molecule has 1 aliphatic heterocycles. The molecule has 13 heteroatoms. The van der Waals surface area contributed by atoms with E-state index in [1.165, 1.54) is 28.9 Å². The summed E-state index contributed by atoms with van der Waals surface area (Å²) in [7, 11) is 0. The smallest absolute Gasteiger partial charge is 0.394 e. The number of nitrogens with zero attached hydrogens (tertiary/aromatic N) is 3. The molecule has 4 aromatic rings. The van der Waals surface area contributed by atoms with Gasteiger partial charge in [0.2, 0.25) is 0 Å². The summed E-state index contributed by atoms with van der Waals surface area (Å²) in [6.45, 7) is 0.569. The Labute approximate surface area is 220 Å². The maximum atomic E-state index is 13.4. The van der Waals surface area contributed by atoms with Gasteiger partial charge in [0, 0.05) is 37.7 Å². The number of ether oxygens (including phenoxy) is 2. The second-order valence-electron chi connectivity index (χ2n) is 8.68. The average Bonchev–Trinajstić information content (AvgIpc) is 3.38. The van der Waals surface area contributed by atoms with E-state index >= 15 is 0 Å². The Hall–Kier alpha value is -5.07. The highest BCUT2D eigenvalue weighted by atomic mass is 19.3. The van der Waals surface area contributed by atoms with Gasteiger partial charge in [-0.1, -0.05) is 24.3 Å². The van der Waals surface area contributed by atoms with Gasteiger partial charge in [0.25, 0.3) is 17.7 Å². The Morgan fingerprint density at radius 1 is 1.10 bits per heavy atom. The zero-order valence-corrected chi connectivity index (χ0v) is 20.5. The highest BCUT2D eigenvalue weighted by molar-refractivity contribution is 5.98. The summed E-state index contributed by atoms with van der Waals surface area (Å²) in [5.74, 6) is -0.964. The summed E-state index contributed by atoms with van der Waals surface area (Å²) in [5, 5.41) is 12.2. The summed E-state index contributed by atoms with van der Waals surface area (Å²) >= 11 is 0. The lowest BCUT2D eigenvalue weighted by Crippen LogP contribution is -2.29. The summed E-state index contributed by atoms with van der Waals surface area (Å²) in [5.41, 5.74) is 1.79. The third kappa shape index (κ3) is 5.92. The van der Waals surface area contributed by atoms with Gasteiger partial charge in [-0.25, -0.2) is 9.50 Å². The highest BCUT2D eigenvalue weighted by Gasteiger charge is 2.25. The average molecular weight is 536 g/mol. The Bertz CT molecular complexity index is 1580. The first-order valence-electron chi connectivity index (χ1n) is 11.8. The van der Waals surface area contributed by atoms with Gasteiger partial charge in [-0.3, -0.25) is 14.4 Å². The third-order valence-corrected chi connectivity index (χ3v) is 5.66. The molecule has 200 valence electrons. The van der Waals surface area contributed by atoms with E-state index in [2.05, 4.69) is 30.8 Å². The van der Waals surface area contributed by atoms with E-state index in [9.17, 15) is 23.2 Å². The molecule has 0 atom stereocenters. The van der Waals surface area contributed by atoms with Crippen molar-refractivity contribution in [3.8, 4) is 11.5 Å². The number of benzene rings is 2. The molecule has 3 N–H and O–H groups in total. The van der Waals surface area contributed by atoms with Crippen LogP contribution < -0.4 is 25.4 Å². The number of hydrogen-bond donors (Lipinski definition) is 3. The minimum Gasteiger partial charge on any atom is -0.482 e. The van der Waals surface area contributed by atoms with E-state index in [0.717, 1.165) is 0 Å². The molecule has 2 aromatic heterocycles. The van der Waals surface area contributed by atoms with Crippen LogP contribution in [0.3, 0.4) is 0 Å². The Morgan fingerprint density at radius 2 is 1.90 bits per heavy atom. The molecule has 0 radical (unpaired) electrons. The summed E-state index contributed by atoms with van der Waals surface area (Å²) in [4.78, 5) is 41.9. The second-order valence-corrected chi connectivity index (χ2v) is 8.68. The molecule has 3 heterocycles. The van der Waals surface area contributed by atoms with Gasteiger partial charge in [0.05, 0.1) is 11.9 Å². The molecule has 2 aromatic carbocycles. The minimum atomic E-state index is -3.39. The number of rotatable bonds is 8. The second kappa shape index (κ2) is 10.4. The number of carbonyl (C=O) groups excluding carboxylic acids is 3. The number of hydrogen-bond acceptors (Lipinski definition) is 7. The van der Waals surface area contributed by atoms with Crippen LogP contribution in [-0.4, -0.2) is 45.0 Å². The van der Waals surface area contributed by atoms with Crippen molar-refractivity contribution in [2.75, 3.05) is 11.9 Å². The molecular formula is C26H22F2N6O5. The lowest BCUT2D eigenvalue weighted by Gasteiger charge is -2.18. The van der Waals surface area contributed by atoms with Crippen LogP contribution in [0.4, 0.5) is 14.5 Å². The molecule has 3 amide bonds. The summed E-state index contributed by atoms with van der Waals surface area (Å²) < 4.78 is 38.1. The number of para-hydroxylation sites is 1. The van der Waals surface area contributed by atoms with E-state index < -0.39 is 17.9 Å². The molecule has 5 rings (SSSR count). The molecular weight excluding hydrogens is 514 g/mol. The van der Waals surface area contributed by atoms with Gasteiger partial charge in [-0.2, -0.15) is 13.9 Å². The summed E-state index contributed by atoms with van der Waals surface area (Å²) in [6, 6.07) is 14.1. The van der Waals surface area contributed by atoms with Gasteiger partial charge in [0.15, 0.2) is 12.3 Å². The molecule has 0 saturated carbocycles. The topological polar surface area (TPSA) is 136 Å². The highest BCUT2D eigenvalue weighted by Crippen LogP contribution is 2.28. The monoisotopic (exact) mass is 536 g/mol.